The number of benzene rings is 1. The summed E-state index contributed by atoms with van der Waals surface area (Å²) in [7, 11) is 3.28. The Morgan fingerprint density at radius 2 is 2.09 bits per heavy atom. The lowest BCUT2D eigenvalue weighted by molar-refractivity contribution is 0.0785. The van der Waals surface area contributed by atoms with Gasteiger partial charge in [0.05, 0.1) is 30.4 Å². The molecule has 0 unspecified atom stereocenters. The van der Waals surface area contributed by atoms with Gasteiger partial charge in [-0.1, -0.05) is 18.2 Å². The minimum atomic E-state index is -0.111. The van der Waals surface area contributed by atoms with E-state index < -0.39 is 0 Å². The Balaban J connectivity index is 1.96. The van der Waals surface area contributed by atoms with E-state index in [1.54, 1.807) is 30.3 Å². The molecule has 0 fully saturated rings. The van der Waals surface area contributed by atoms with Gasteiger partial charge in [0.15, 0.2) is 0 Å². The zero-order chi connectivity index (χ0) is 16.2. The van der Waals surface area contributed by atoms with Gasteiger partial charge in [-0.2, -0.15) is 0 Å². The highest BCUT2D eigenvalue weighted by atomic mass is 16.5. The van der Waals surface area contributed by atoms with Gasteiger partial charge >= 0.3 is 0 Å². The molecule has 0 saturated carbocycles. The van der Waals surface area contributed by atoms with Crippen LogP contribution in [0.5, 0.6) is 5.88 Å². The van der Waals surface area contributed by atoms with Gasteiger partial charge in [-0.05, 0) is 12.1 Å². The molecule has 23 heavy (non-hydrogen) atoms. The van der Waals surface area contributed by atoms with Gasteiger partial charge in [-0.15, -0.1) is 0 Å². The Bertz CT molecular complexity index is 836. The highest BCUT2D eigenvalue weighted by molar-refractivity contribution is 6.06. The molecule has 3 rings (SSSR count). The van der Waals surface area contributed by atoms with Crippen LogP contribution in [0.25, 0.3) is 10.9 Å². The molecule has 1 amide bonds. The van der Waals surface area contributed by atoms with Gasteiger partial charge in [0.1, 0.15) is 6.33 Å². The number of rotatable bonds is 4. The molecule has 0 saturated heterocycles. The Morgan fingerprint density at radius 1 is 1.26 bits per heavy atom. The Morgan fingerprint density at radius 3 is 2.83 bits per heavy atom. The van der Waals surface area contributed by atoms with E-state index in [2.05, 4.69) is 15.0 Å². The summed E-state index contributed by atoms with van der Waals surface area (Å²) < 4.78 is 5.21. The number of pyridine rings is 1. The topological polar surface area (TPSA) is 68.2 Å². The summed E-state index contributed by atoms with van der Waals surface area (Å²) >= 11 is 0. The van der Waals surface area contributed by atoms with Gasteiger partial charge in [0.25, 0.3) is 5.91 Å². The lowest BCUT2D eigenvalue weighted by Gasteiger charge is -2.18. The van der Waals surface area contributed by atoms with E-state index in [9.17, 15) is 4.79 Å². The molecule has 6 nitrogen and oxygen atoms in total. The second-order valence-electron chi connectivity index (χ2n) is 5.09. The maximum absolute atomic E-state index is 12.8. The van der Waals surface area contributed by atoms with Crippen molar-refractivity contribution in [3.8, 4) is 5.88 Å². The molecule has 6 heteroatoms. The zero-order valence-corrected chi connectivity index (χ0v) is 12.9. The van der Waals surface area contributed by atoms with E-state index >= 15 is 0 Å². The number of nitrogens with zero attached hydrogens (tertiary/aromatic N) is 4. The zero-order valence-electron chi connectivity index (χ0n) is 12.9. The quantitative estimate of drug-likeness (QED) is 0.740. The first-order valence-corrected chi connectivity index (χ1v) is 7.13. The van der Waals surface area contributed by atoms with Crippen LogP contribution in [0.4, 0.5) is 0 Å². The lowest BCUT2D eigenvalue weighted by Crippen LogP contribution is -2.27. The molecule has 0 spiro atoms. The minimum absolute atomic E-state index is 0.111. The third kappa shape index (κ3) is 3.11. The molecule has 3 aromatic rings. The van der Waals surface area contributed by atoms with Gasteiger partial charge < -0.3 is 9.64 Å². The molecule has 0 aliphatic carbocycles. The number of hydrogen-bond acceptors (Lipinski definition) is 5. The van der Waals surface area contributed by atoms with E-state index in [1.807, 2.05) is 24.3 Å². The third-order valence-electron chi connectivity index (χ3n) is 3.52. The van der Waals surface area contributed by atoms with Crippen LogP contribution >= 0.6 is 0 Å². The van der Waals surface area contributed by atoms with E-state index in [-0.39, 0.29) is 5.91 Å². The number of carbonyl (C=O) groups excluding carboxylic acids is 1. The number of methoxy groups -OCH3 is 1. The highest BCUT2D eigenvalue weighted by Gasteiger charge is 2.17. The monoisotopic (exact) mass is 308 g/mol. The van der Waals surface area contributed by atoms with Crippen LogP contribution in [-0.4, -0.2) is 39.9 Å². The van der Waals surface area contributed by atoms with E-state index in [0.29, 0.717) is 18.0 Å². The third-order valence-corrected chi connectivity index (χ3v) is 3.52. The second kappa shape index (κ2) is 6.39. The van der Waals surface area contributed by atoms with Crippen molar-refractivity contribution in [2.45, 2.75) is 6.54 Å². The number of ether oxygens (including phenoxy) is 1. The van der Waals surface area contributed by atoms with Crippen LogP contribution in [0.3, 0.4) is 0 Å². The van der Waals surface area contributed by atoms with Crippen LogP contribution in [0.1, 0.15) is 16.1 Å². The van der Waals surface area contributed by atoms with Crippen molar-refractivity contribution in [2.75, 3.05) is 14.2 Å². The maximum Gasteiger partial charge on any atom is 0.254 e. The van der Waals surface area contributed by atoms with Gasteiger partial charge in [0, 0.05) is 24.7 Å². The minimum Gasteiger partial charge on any atom is -0.481 e. The predicted octanol–water partition coefficient (Wildman–Crippen LogP) is 2.31. The molecule has 0 atom stereocenters. The van der Waals surface area contributed by atoms with Crippen LogP contribution in [0.15, 0.2) is 48.9 Å². The summed E-state index contributed by atoms with van der Waals surface area (Å²) in [6, 6.07) is 11.0. The first-order chi connectivity index (χ1) is 11.2. The first kappa shape index (κ1) is 14.9. The molecule has 1 aromatic carbocycles. The highest BCUT2D eigenvalue weighted by Crippen LogP contribution is 2.23. The molecule has 0 bridgehead atoms. The van der Waals surface area contributed by atoms with Crippen molar-refractivity contribution >= 4 is 16.8 Å². The van der Waals surface area contributed by atoms with Crippen LogP contribution in [0, 0.1) is 0 Å². The fraction of sp³-hybridized carbons (Fsp3) is 0.176. The molecule has 0 radical (unpaired) electrons. The molecule has 2 aromatic heterocycles. The normalized spacial score (nSPS) is 10.5. The first-order valence-electron chi connectivity index (χ1n) is 7.13. The average Bonchev–Trinajstić information content (AvgIpc) is 2.61. The molecule has 116 valence electrons. The average molecular weight is 308 g/mol. The van der Waals surface area contributed by atoms with E-state index in [1.165, 1.54) is 13.4 Å². The summed E-state index contributed by atoms with van der Waals surface area (Å²) in [5.41, 5.74) is 2.07. The molecule has 0 aliphatic rings. The second-order valence-corrected chi connectivity index (χ2v) is 5.09. The standard InChI is InChI=1S/C17H16N4O2/c1-21(10-12-7-8-18-11-19-12)17(22)14-9-16(23-2)20-15-6-4-3-5-13(14)15/h3-9,11H,10H2,1-2H3. The van der Waals surface area contributed by atoms with Gasteiger partial charge in [-0.3, -0.25) is 4.79 Å². The summed E-state index contributed by atoms with van der Waals surface area (Å²) in [6.45, 7) is 0.403. The summed E-state index contributed by atoms with van der Waals surface area (Å²) in [6.07, 6.45) is 3.13. The maximum atomic E-state index is 12.8. The van der Waals surface area contributed by atoms with Crippen LogP contribution < -0.4 is 4.74 Å². The van der Waals surface area contributed by atoms with Crippen molar-refractivity contribution in [3.05, 3.63) is 60.2 Å². The SMILES string of the molecule is COc1cc(C(=O)N(C)Cc2ccncn2)c2ccccc2n1. The van der Waals surface area contributed by atoms with Crippen molar-refractivity contribution in [2.24, 2.45) is 0 Å². The summed E-state index contributed by atoms with van der Waals surface area (Å²) in [5, 5.41) is 0.799. The lowest BCUT2D eigenvalue weighted by atomic mass is 10.1. The molecule has 0 aliphatic heterocycles. The number of carbonyl (C=O) groups is 1. The van der Waals surface area contributed by atoms with Crippen LogP contribution in [-0.2, 0) is 6.54 Å². The fourth-order valence-corrected chi connectivity index (χ4v) is 2.36. The van der Waals surface area contributed by atoms with Crippen LogP contribution in [0.2, 0.25) is 0 Å². The summed E-state index contributed by atoms with van der Waals surface area (Å²) in [5.74, 6) is 0.308. The van der Waals surface area contributed by atoms with Crippen molar-refractivity contribution in [1.82, 2.24) is 19.9 Å². The van der Waals surface area contributed by atoms with Gasteiger partial charge in [-0.25, -0.2) is 15.0 Å². The fourth-order valence-electron chi connectivity index (χ4n) is 2.36. The largest absolute Gasteiger partial charge is 0.481 e. The molecule has 0 N–H and O–H groups in total. The van der Waals surface area contributed by atoms with E-state index in [4.69, 9.17) is 4.74 Å². The predicted molar refractivity (Wildman–Crippen MR) is 86.1 cm³/mol. The van der Waals surface area contributed by atoms with Crippen molar-refractivity contribution in [3.63, 3.8) is 0 Å². The number of hydrogen-bond donors (Lipinski definition) is 0. The van der Waals surface area contributed by atoms with Gasteiger partial charge in [0.2, 0.25) is 5.88 Å². The van der Waals surface area contributed by atoms with Crippen molar-refractivity contribution < 1.29 is 9.53 Å². The Hall–Kier alpha value is -3.02. The number of amides is 1. The Kier molecular flexibility index (Phi) is 4.14. The summed E-state index contributed by atoms with van der Waals surface area (Å²) in [4.78, 5) is 26.8. The van der Waals surface area contributed by atoms with Crippen molar-refractivity contribution in [1.29, 1.82) is 0 Å². The molecular formula is C17H16N4O2. The van der Waals surface area contributed by atoms with E-state index in [0.717, 1.165) is 16.6 Å². The molecular weight excluding hydrogens is 292 g/mol. The number of aromatic nitrogens is 3. The Labute approximate surface area is 133 Å². The smallest absolute Gasteiger partial charge is 0.254 e. The number of fused-ring (bicyclic) bond motifs is 1. The molecule has 2 heterocycles. The number of para-hydroxylation sites is 1.